The number of likely N-dealkylation sites (tertiary alicyclic amines) is 1. The number of furan rings is 1. The van der Waals surface area contributed by atoms with Crippen LogP contribution in [0.5, 0.6) is 0 Å². The van der Waals surface area contributed by atoms with Gasteiger partial charge in [0.2, 0.25) is 10.0 Å². The molecule has 0 radical (unpaired) electrons. The maximum atomic E-state index is 12.0. The summed E-state index contributed by atoms with van der Waals surface area (Å²) in [5.41, 5.74) is 1.23. The fourth-order valence-corrected chi connectivity index (χ4v) is 6.32. The zero-order valence-electron chi connectivity index (χ0n) is 14.8. The van der Waals surface area contributed by atoms with Crippen LogP contribution in [0.4, 0.5) is 0 Å². The molecular formula is C18H28N2O4S. The molecule has 3 atom stereocenters. The van der Waals surface area contributed by atoms with Crippen molar-refractivity contribution in [3.63, 3.8) is 0 Å². The number of piperidine rings is 2. The van der Waals surface area contributed by atoms with Crippen LogP contribution in [-0.2, 0) is 21.3 Å². The first-order chi connectivity index (χ1) is 12.0. The molecule has 0 saturated carbocycles. The molecular weight excluding hydrogens is 340 g/mol. The lowest BCUT2D eigenvalue weighted by Gasteiger charge is -2.40. The topological polar surface area (TPSA) is 63.0 Å². The second-order valence-electron chi connectivity index (χ2n) is 7.81. The fraction of sp³-hybridized carbons (Fsp3) is 0.778. The molecule has 7 heteroatoms. The molecule has 140 valence electrons. The summed E-state index contributed by atoms with van der Waals surface area (Å²) in [6.45, 7) is 3.04. The van der Waals surface area contributed by atoms with E-state index in [1.165, 1.54) is 11.8 Å². The average molecular weight is 368 g/mol. The minimum atomic E-state index is -3.09. The number of rotatable bonds is 5. The standard InChI is InChI=1S/C18H28N2O4S/c1-25(21,22)20-15-2-3-16(20)11-18(10-15)24-17-4-7-19(8-5-17)12-14-6-9-23-13-14/h6,9,13,15-18H,2-5,7-8,10-12H2,1H3/t15-,16+,18?. The smallest absolute Gasteiger partial charge is 0.211 e. The Kier molecular flexibility index (Phi) is 4.92. The Morgan fingerprint density at radius 2 is 1.80 bits per heavy atom. The molecule has 1 aromatic rings. The molecule has 3 saturated heterocycles. The summed E-state index contributed by atoms with van der Waals surface area (Å²) in [5, 5.41) is 0. The van der Waals surface area contributed by atoms with Crippen molar-refractivity contribution in [2.75, 3.05) is 19.3 Å². The lowest BCUT2D eigenvalue weighted by molar-refractivity contribution is -0.0696. The summed E-state index contributed by atoms with van der Waals surface area (Å²) < 4.78 is 37.2. The summed E-state index contributed by atoms with van der Waals surface area (Å²) in [7, 11) is -3.09. The molecule has 0 amide bonds. The third kappa shape index (κ3) is 3.94. The quantitative estimate of drug-likeness (QED) is 0.797. The predicted octanol–water partition coefficient (Wildman–Crippen LogP) is 2.22. The van der Waals surface area contributed by atoms with Crippen LogP contribution in [0.25, 0.3) is 0 Å². The molecule has 3 aliphatic rings. The van der Waals surface area contributed by atoms with Gasteiger partial charge in [-0.15, -0.1) is 0 Å². The number of ether oxygens (including phenoxy) is 1. The Hall–Kier alpha value is -0.890. The van der Waals surface area contributed by atoms with Crippen molar-refractivity contribution in [2.24, 2.45) is 0 Å². The second kappa shape index (κ2) is 7.02. The van der Waals surface area contributed by atoms with Crippen LogP contribution >= 0.6 is 0 Å². The van der Waals surface area contributed by atoms with Gasteiger partial charge in [-0.1, -0.05) is 0 Å². The first kappa shape index (κ1) is 17.5. The second-order valence-corrected chi connectivity index (χ2v) is 9.70. The van der Waals surface area contributed by atoms with E-state index in [1.807, 2.05) is 12.3 Å². The van der Waals surface area contributed by atoms with Gasteiger partial charge in [0.1, 0.15) is 0 Å². The first-order valence-electron chi connectivity index (χ1n) is 9.36. The number of nitrogens with zero attached hydrogens (tertiary/aromatic N) is 2. The number of sulfonamides is 1. The Morgan fingerprint density at radius 3 is 2.36 bits per heavy atom. The van der Waals surface area contributed by atoms with Gasteiger partial charge in [-0.05, 0) is 44.6 Å². The monoisotopic (exact) mass is 368 g/mol. The van der Waals surface area contributed by atoms with E-state index < -0.39 is 10.0 Å². The first-order valence-corrected chi connectivity index (χ1v) is 11.2. The molecule has 0 aromatic carbocycles. The Morgan fingerprint density at radius 1 is 1.12 bits per heavy atom. The van der Waals surface area contributed by atoms with Crippen LogP contribution in [0, 0.1) is 0 Å². The van der Waals surface area contributed by atoms with E-state index in [1.54, 1.807) is 10.6 Å². The highest BCUT2D eigenvalue weighted by Gasteiger charge is 2.46. The van der Waals surface area contributed by atoms with Crippen LogP contribution in [0.3, 0.4) is 0 Å². The van der Waals surface area contributed by atoms with Crippen LogP contribution < -0.4 is 0 Å². The maximum Gasteiger partial charge on any atom is 0.211 e. The Bertz CT molecular complexity index is 653. The molecule has 1 aromatic heterocycles. The van der Waals surface area contributed by atoms with Crippen molar-refractivity contribution in [3.05, 3.63) is 24.2 Å². The van der Waals surface area contributed by atoms with Gasteiger partial charge < -0.3 is 9.15 Å². The Balaban J connectivity index is 1.26. The van der Waals surface area contributed by atoms with Crippen molar-refractivity contribution in [1.29, 1.82) is 0 Å². The van der Waals surface area contributed by atoms with E-state index in [0.717, 1.165) is 58.2 Å². The Labute approximate surface area is 150 Å². The van der Waals surface area contributed by atoms with E-state index in [0.29, 0.717) is 6.10 Å². The van der Waals surface area contributed by atoms with E-state index in [-0.39, 0.29) is 18.2 Å². The molecule has 4 heterocycles. The largest absolute Gasteiger partial charge is 0.472 e. The summed E-state index contributed by atoms with van der Waals surface area (Å²) >= 11 is 0. The molecule has 0 aliphatic carbocycles. The summed E-state index contributed by atoms with van der Waals surface area (Å²) in [4.78, 5) is 2.45. The average Bonchev–Trinajstić information content (AvgIpc) is 3.16. The minimum absolute atomic E-state index is 0.153. The zero-order valence-corrected chi connectivity index (χ0v) is 15.7. The molecule has 6 nitrogen and oxygen atoms in total. The van der Waals surface area contributed by atoms with Gasteiger partial charge >= 0.3 is 0 Å². The minimum Gasteiger partial charge on any atom is -0.472 e. The number of hydrogen-bond acceptors (Lipinski definition) is 5. The molecule has 3 fully saturated rings. The van der Waals surface area contributed by atoms with Crippen LogP contribution in [0.2, 0.25) is 0 Å². The van der Waals surface area contributed by atoms with Gasteiger partial charge in [0.05, 0.1) is 31.0 Å². The third-order valence-corrected chi connectivity index (χ3v) is 7.27. The molecule has 25 heavy (non-hydrogen) atoms. The van der Waals surface area contributed by atoms with Crippen LogP contribution in [0.15, 0.2) is 23.0 Å². The van der Waals surface area contributed by atoms with E-state index in [2.05, 4.69) is 4.90 Å². The van der Waals surface area contributed by atoms with E-state index in [4.69, 9.17) is 9.15 Å². The normalized spacial score (nSPS) is 32.3. The lowest BCUT2D eigenvalue weighted by Crippen LogP contribution is -2.49. The fourth-order valence-electron chi connectivity index (χ4n) is 4.85. The van der Waals surface area contributed by atoms with Crippen molar-refractivity contribution in [3.8, 4) is 0 Å². The predicted molar refractivity (Wildman–Crippen MR) is 94.6 cm³/mol. The number of hydrogen-bond donors (Lipinski definition) is 0. The molecule has 1 unspecified atom stereocenters. The highest BCUT2D eigenvalue weighted by atomic mass is 32.2. The molecule has 2 bridgehead atoms. The molecule has 0 spiro atoms. The van der Waals surface area contributed by atoms with Crippen molar-refractivity contribution in [1.82, 2.24) is 9.21 Å². The third-order valence-electron chi connectivity index (χ3n) is 5.91. The van der Waals surface area contributed by atoms with Gasteiger partial charge in [0, 0.05) is 37.3 Å². The highest BCUT2D eigenvalue weighted by Crippen LogP contribution is 2.39. The lowest BCUT2D eigenvalue weighted by atomic mass is 10.0. The van der Waals surface area contributed by atoms with Crippen LogP contribution in [0.1, 0.15) is 44.1 Å². The summed E-state index contributed by atoms with van der Waals surface area (Å²) in [6.07, 6.45) is 11.2. The van der Waals surface area contributed by atoms with Crippen molar-refractivity contribution in [2.45, 2.75) is 69.4 Å². The molecule has 4 rings (SSSR count). The van der Waals surface area contributed by atoms with Gasteiger partial charge in [0.15, 0.2) is 0 Å². The molecule has 3 aliphatic heterocycles. The van der Waals surface area contributed by atoms with E-state index >= 15 is 0 Å². The number of fused-ring (bicyclic) bond motifs is 2. The van der Waals surface area contributed by atoms with Gasteiger partial charge in [-0.25, -0.2) is 8.42 Å². The zero-order chi connectivity index (χ0) is 17.4. The SMILES string of the molecule is CS(=O)(=O)N1[C@@H]2CC[C@H]1CC(OC1CCN(Cc3ccoc3)CC1)C2. The van der Waals surface area contributed by atoms with E-state index in [9.17, 15) is 8.42 Å². The van der Waals surface area contributed by atoms with Gasteiger partial charge in [0.25, 0.3) is 0 Å². The summed E-state index contributed by atoms with van der Waals surface area (Å²) in [6, 6.07) is 2.33. The summed E-state index contributed by atoms with van der Waals surface area (Å²) in [5.74, 6) is 0. The maximum absolute atomic E-state index is 12.0. The van der Waals surface area contributed by atoms with Gasteiger partial charge in [-0.2, -0.15) is 4.31 Å². The van der Waals surface area contributed by atoms with Crippen molar-refractivity contribution < 1.29 is 17.6 Å². The van der Waals surface area contributed by atoms with Crippen molar-refractivity contribution >= 4 is 10.0 Å². The highest BCUT2D eigenvalue weighted by molar-refractivity contribution is 7.88. The van der Waals surface area contributed by atoms with Crippen LogP contribution in [-0.4, -0.2) is 61.3 Å². The van der Waals surface area contributed by atoms with Gasteiger partial charge in [-0.3, -0.25) is 4.90 Å². The molecule has 0 N–H and O–H groups in total.